The van der Waals surface area contributed by atoms with E-state index in [1.54, 1.807) is 0 Å². The third-order valence-corrected chi connectivity index (χ3v) is 5.20. The maximum atomic E-state index is 12.5. The maximum absolute atomic E-state index is 12.5. The zero-order valence-electron chi connectivity index (χ0n) is 16.5. The molecule has 0 radical (unpaired) electrons. The summed E-state index contributed by atoms with van der Waals surface area (Å²) in [5, 5.41) is 20.2. The monoisotopic (exact) mass is 427 g/mol. The molecule has 0 saturated heterocycles. The molecule has 3 rings (SSSR count). The minimum atomic E-state index is -1.15. The highest BCUT2D eigenvalue weighted by Crippen LogP contribution is 2.35. The van der Waals surface area contributed by atoms with E-state index in [1.807, 2.05) is 30.3 Å². The first-order valence-corrected chi connectivity index (χ1v) is 9.74. The SMILES string of the molecule is O=C(O[C@H]1C[C@@H](C(=O)O)[C@H](C(=O)OCCc2ccccc2)C1)c1ccc([N+](=O)[O-])cc1. The van der Waals surface area contributed by atoms with Gasteiger partial charge in [0.1, 0.15) is 6.10 Å². The molecule has 3 atom stereocenters. The Hall–Kier alpha value is -3.75. The van der Waals surface area contributed by atoms with Crippen molar-refractivity contribution in [2.45, 2.75) is 25.4 Å². The standard InChI is InChI=1S/C22H21NO8/c24-20(25)18-12-17(31-21(26)15-6-8-16(9-7-15)23(28)29)13-19(18)22(27)30-11-10-14-4-2-1-3-5-14/h1-9,17-19H,10-13H2,(H,24,25)/t17-,18+,19+/m0/s1. The van der Waals surface area contributed by atoms with Crippen LogP contribution in [0.15, 0.2) is 54.6 Å². The number of hydrogen-bond donors (Lipinski definition) is 1. The minimum Gasteiger partial charge on any atom is -0.481 e. The van der Waals surface area contributed by atoms with E-state index in [9.17, 15) is 29.6 Å². The molecule has 2 aromatic rings. The lowest BCUT2D eigenvalue weighted by Gasteiger charge is -2.14. The summed E-state index contributed by atoms with van der Waals surface area (Å²) in [6, 6.07) is 14.3. The lowest BCUT2D eigenvalue weighted by Crippen LogP contribution is -2.27. The van der Waals surface area contributed by atoms with Gasteiger partial charge in [0.15, 0.2) is 0 Å². The summed E-state index contributed by atoms with van der Waals surface area (Å²) in [6.07, 6.45) is -0.224. The number of nitro groups is 1. The largest absolute Gasteiger partial charge is 0.481 e. The zero-order valence-corrected chi connectivity index (χ0v) is 16.5. The summed E-state index contributed by atoms with van der Waals surface area (Å²) in [5.74, 6) is -4.44. The van der Waals surface area contributed by atoms with Crippen LogP contribution < -0.4 is 0 Å². The number of carbonyl (C=O) groups is 3. The molecule has 1 saturated carbocycles. The second-order valence-corrected chi connectivity index (χ2v) is 7.26. The zero-order chi connectivity index (χ0) is 22.4. The number of aliphatic carboxylic acids is 1. The number of carboxylic acids is 1. The lowest BCUT2D eigenvalue weighted by atomic mass is 9.96. The molecule has 162 valence electrons. The molecule has 1 N–H and O–H groups in total. The number of carbonyl (C=O) groups excluding carboxylic acids is 2. The Morgan fingerprint density at radius 3 is 2.26 bits per heavy atom. The number of rotatable bonds is 8. The van der Waals surface area contributed by atoms with Gasteiger partial charge in [-0.25, -0.2) is 4.79 Å². The first-order valence-electron chi connectivity index (χ1n) is 9.74. The van der Waals surface area contributed by atoms with Gasteiger partial charge < -0.3 is 14.6 Å². The Morgan fingerprint density at radius 2 is 1.65 bits per heavy atom. The third kappa shape index (κ3) is 5.65. The van der Waals surface area contributed by atoms with E-state index in [1.165, 1.54) is 24.3 Å². The van der Waals surface area contributed by atoms with E-state index >= 15 is 0 Å². The van der Waals surface area contributed by atoms with Crippen LogP contribution in [0.1, 0.15) is 28.8 Å². The van der Waals surface area contributed by atoms with E-state index in [0.717, 1.165) is 5.56 Å². The second-order valence-electron chi connectivity index (χ2n) is 7.26. The van der Waals surface area contributed by atoms with Crippen molar-refractivity contribution in [3.05, 3.63) is 75.8 Å². The van der Waals surface area contributed by atoms with Gasteiger partial charge in [-0.15, -0.1) is 0 Å². The summed E-state index contributed by atoms with van der Waals surface area (Å²) in [7, 11) is 0. The predicted molar refractivity (Wildman–Crippen MR) is 107 cm³/mol. The average Bonchev–Trinajstić information content (AvgIpc) is 3.19. The van der Waals surface area contributed by atoms with Gasteiger partial charge in [-0.1, -0.05) is 30.3 Å². The molecule has 2 aromatic carbocycles. The first kappa shape index (κ1) is 21.9. The van der Waals surface area contributed by atoms with Gasteiger partial charge >= 0.3 is 17.9 Å². The van der Waals surface area contributed by atoms with Crippen molar-refractivity contribution in [1.29, 1.82) is 0 Å². The Labute approximate surface area is 177 Å². The van der Waals surface area contributed by atoms with Crippen LogP contribution in [0.4, 0.5) is 5.69 Å². The number of nitrogens with zero attached hydrogens (tertiary/aromatic N) is 1. The van der Waals surface area contributed by atoms with Crippen molar-refractivity contribution < 1.29 is 33.9 Å². The van der Waals surface area contributed by atoms with Crippen LogP contribution in [0.2, 0.25) is 0 Å². The second kappa shape index (κ2) is 9.84. The lowest BCUT2D eigenvalue weighted by molar-refractivity contribution is -0.384. The van der Waals surface area contributed by atoms with Gasteiger partial charge in [-0.3, -0.25) is 19.7 Å². The Balaban J connectivity index is 1.57. The first-order chi connectivity index (χ1) is 14.8. The summed E-state index contributed by atoms with van der Waals surface area (Å²) in [4.78, 5) is 46.5. The number of esters is 2. The highest BCUT2D eigenvalue weighted by Gasteiger charge is 2.45. The van der Waals surface area contributed by atoms with E-state index in [-0.39, 0.29) is 30.7 Å². The number of benzene rings is 2. The fraction of sp³-hybridized carbons (Fsp3) is 0.318. The molecule has 0 heterocycles. The molecule has 1 aliphatic carbocycles. The molecule has 9 nitrogen and oxygen atoms in total. The van der Waals surface area contributed by atoms with Crippen molar-refractivity contribution in [2.24, 2.45) is 11.8 Å². The molecule has 1 fully saturated rings. The van der Waals surface area contributed by atoms with E-state index in [4.69, 9.17) is 9.47 Å². The number of hydrogen-bond acceptors (Lipinski definition) is 7. The highest BCUT2D eigenvalue weighted by molar-refractivity contribution is 5.90. The summed E-state index contributed by atoms with van der Waals surface area (Å²) >= 11 is 0. The van der Waals surface area contributed by atoms with Crippen LogP contribution in [0.25, 0.3) is 0 Å². The van der Waals surface area contributed by atoms with E-state index in [0.29, 0.717) is 6.42 Å². The van der Waals surface area contributed by atoms with Crippen LogP contribution in [0.3, 0.4) is 0 Å². The van der Waals surface area contributed by atoms with E-state index in [2.05, 4.69) is 0 Å². The molecule has 1 aliphatic rings. The van der Waals surface area contributed by atoms with Gasteiger partial charge in [0, 0.05) is 18.6 Å². The average molecular weight is 427 g/mol. The normalized spacial score (nSPS) is 20.1. The van der Waals surface area contributed by atoms with Gasteiger partial charge in [0.25, 0.3) is 5.69 Å². The molecule has 0 aliphatic heterocycles. The molecular weight excluding hydrogens is 406 g/mol. The quantitative estimate of drug-likeness (QED) is 0.386. The Morgan fingerprint density at radius 1 is 1.00 bits per heavy atom. The third-order valence-electron chi connectivity index (χ3n) is 5.20. The van der Waals surface area contributed by atoms with Gasteiger partial charge in [-0.05, 0) is 30.5 Å². The summed E-state index contributed by atoms with van der Waals surface area (Å²) < 4.78 is 10.6. The number of ether oxygens (including phenoxy) is 2. The molecular formula is C22H21NO8. The number of carboxylic acid groups (broad SMARTS) is 1. The molecule has 31 heavy (non-hydrogen) atoms. The minimum absolute atomic E-state index is 0.00743. The van der Waals surface area contributed by atoms with Crippen LogP contribution in [0.5, 0.6) is 0 Å². The highest BCUT2D eigenvalue weighted by atomic mass is 16.6. The van der Waals surface area contributed by atoms with Gasteiger partial charge in [-0.2, -0.15) is 0 Å². The van der Waals surface area contributed by atoms with Gasteiger partial charge in [0.05, 0.1) is 28.9 Å². The molecule has 0 spiro atoms. The summed E-state index contributed by atoms with van der Waals surface area (Å²) in [5.41, 5.74) is 0.930. The van der Waals surface area contributed by atoms with Crippen molar-refractivity contribution in [3.63, 3.8) is 0 Å². The predicted octanol–water partition coefficient (Wildman–Crippen LogP) is 3.02. The number of non-ortho nitro benzene ring substituents is 1. The molecule has 0 amide bonds. The summed E-state index contributed by atoms with van der Waals surface area (Å²) in [6.45, 7) is 0.124. The molecule has 0 bridgehead atoms. The molecule has 0 unspecified atom stereocenters. The van der Waals surface area contributed by atoms with E-state index < -0.39 is 40.8 Å². The molecule has 0 aromatic heterocycles. The van der Waals surface area contributed by atoms with Crippen molar-refractivity contribution in [1.82, 2.24) is 0 Å². The van der Waals surface area contributed by atoms with Crippen molar-refractivity contribution in [3.8, 4) is 0 Å². The van der Waals surface area contributed by atoms with Gasteiger partial charge in [0.2, 0.25) is 0 Å². The van der Waals surface area contributed by atoms with Crippen molar-refractivity contribution in [2.75, 3.05) is 6.61 Å². The molecule has 9 heteroatoms. The van der Waals surface area contributed by atoms with Crippen LogP contribution in [-0.4, -0.2) is 40.6 Å². The fourth-order valence-corrected chi connectivity index (χ4v) is 3.58. The van der Waals surface area contributed by atoms with Crippen LogP contribution in [-0.2, 0) is 25.5 Å². The Bertz CT molecular complexity index is 957. The number of nitro benzene ring substituents is 1. The smallest absolute Gasteiger partial charge is 0.338 e. The fourth-order valence-electron chi connectivity index (χ4n) is 3.58. The van der Waals surface area contributed by atoms with Crippen molar-refractivity contribution >= 4 is 23.6 Å². The Kier molecular flexibility index (Phi) is 6.96. The maximum Gasteiger partial charge on any atom is 0.338 e. The van der Waals surface area contributed by atoms with Crippen LogP contribution >= 0.6 is 0 Å². The van der Waals surface area contributed by atoms with Crippen LogP contribution in [0, 0.1) is 22.0 Å². The topological polar surface area (TPSA) is 133 Å².